The predicted molar refractivity (Wildman–Crippen MR) is 82.9 cm³/mol. The van der Waals surface area contributed by atoms with Crippen molar-refractivity contribution in [2.75, 3.05) is 0 Å². The molecule has 0 unspecified atom stereocenters. The summed E-state index contributed by atoms with van der Waals surface area (Å²) < 4.78 is 0. The smallest absolute Gasteiger partial charge is 0.320 e. The molecule has 1 saturated heterocycles. The Kier molecular flexibility index (Phi) is 6.89. The van der Waals surface area contributed by atoms with Crippen LogP contribution in [0, 0.1) is 11.8 Å². The van der Waals surface area contributed by atoms with E-state index in [1.807, 2.05) is 13.0 Å². The summed E-state index contributed by atoms with van der Waals surface area (Å²) in [6.45, 7) is 7.67. The molecule has 1 rings (SSSR count). The van der Waals surface area contributed by atoms with Gasteiger partial charge in [0, 0.05) is 19.0 Å². The van der Waals surface area contributed by atoms with E-state index in [0.717, 1.165) is 12.8 Å². The third-order valence-electron chi connectivity index (χ3n) is 4.41. The Hall–Kier alpha value is -1.36. The molecule has 1 aliphatic rings. The molecule has 3 N–H and O–H groups in total. The van der Waals surface area contributed by atoms with Crippen molar-refractivity contribution in [2.45, 2.75) is 65.1 Å². The molecule has 0 saturated carbocycles. The van der Waals surface area contributed by atoms with Crippen LogP contribution in [0.1, 0.15) is 47.0 Å². The molecule has 1 heterocycles. The number of hydrogen-bond donors (Lipinski definition) is 3. The number of carbonyl (C=O) groups is 2. The fraction of sp³-hybridized carbons (Fsp3) is 0.750. The standard InChI is InChI=1S/C16H28N2O3/c1-5-8-12-9-13(16(20)21)18-15(12)14(17-10(4)19)11(6-2)7-3/h5,8,11-15,18H,6-7,9H2,1-4H3,(H,17,19)(H,20,21)/b8-5-/t12-,13-,14-,15-/m1/s1. The maximum absolute atomic E-state index is 11.6. The van der Waals surface area contributed by atoms with Crippen LogP contribution in [0.4, 0.5) is 0 Å². The molecule has 5 heteroatoms. The number of nitrogens with one attached hydrogen (secondary N) is 2. The molecule has 0 spiro atoms. The summed E-state index contributed by atoms with van der Waals surface area (Å²) in [5.41, 5.74) is 0. The highest BCUT2D eigenvalue weighted by Crippen LogP contribution is 2.29. The van der Waals surface area contributed by atoms with Crippen molar-refractivity contribution in [3.05, 3.63) is 12.2 Å². The highest BCUT2D eigenvalue weighted by atomic mass is 16.4. The number of carboxylic acid groups (broad SMARTS) is 1. The van der Waals surface area contributed by atoms with Crippen LogP contribution in [0.2, 0.25) is 0 Å². The number of carboxylic acids is 1. The minimum atomic E-state index is -0.821. The lowest BCUT2D eigenvalue weighted by molar-refractivity contribution is -0.139. The van der Waals surface area contributed by atoms with Gasteiger partial charge in [-0.3, -0.25) is 14.9 Å². The van der Waals surface area contributed by atoms with E-state index in [1.165, 1.54) is 6.92 Å². The van der Waals surface area contributed by atoms with E-state index in [1.54, 1.807) is 0 Å². The largest absolute Gasteiger partial charge is 0.480 e. The van der Waals surface area contributed by atoms with Gasteiger partial charge >= 0.3 is 5.97 Å². The molecule has 0 aromatic heterocycles. The van der Waals surface area contributed by atoms with E-state index in [-0.39, 0.29) is 23.9 Å². The summed E-state index contributed by atoms with van der Waals surface area (Å²) in [4.78, 5) is 22.8. The Morgan fingerprint density at radius 1 is 1.38 bits per heavy atom. The van der Waals surface area contributed by atoms with Crippen molar-refractivity contribution in [3.8, 4) is 0 Å². The Labute approximate surface area is 127 Å². The second-order valence-corrected chi connectivity index (χ2v) is 5.81. The van der Waals surface area contributed by atoms with Crippen LogP contribution in [-0.2, 0) is 9.59 Å². The SMILES string of the molecule is C/C=C\[C@@H]1C[C@H](C(=O)O)N[C@H]1[C@H](NC(C)=O)C(CC)CC. The summed E-state index contributed by atoms with van der Waals surface area (Å²) in [5, 5.41) is 15.5. The quantitative estimate of drug-likeness (QED) is 0.627. The van der Waals surface area contributed by atoms with Crippen molar-refractivity contribution >= 4 is 11.9 Å². The van der Waals surface area contributed by atoms with Crippen molar-refractivity contribution in [2.24, 2.45) is 11.8 Å². The van der Waals surface area contributed by atoms with E-state index in [4.69, 9.17) is 0 Å². The first-order chi connectivity index (χ1) is 9.94. The molecule has 0 aliphatic carbocycles. The summed E-state index contributed by atoms with van der Waals surface area (Å²) in [6, 6.07) is -0.610. The Morgan fingerprint density at radius 3 is 2.43 bits per heavy atom. The molecule has 0 radical (unpaired) electrons. The second-order valence-electron chi connectivity index (χ2n) is 5.81. The molecule has 0 aromatic rings. The molecule has 4 atom stereocenters. The van der Waals surface area contributed by atoms with E-state index < -0.39 is 12.0 Å². The third-order valence-corrected chi connectivity index (χ3v) is 4.41. The van der Waals surface area contributed by atoms with Crippen LogP contribution in [0.15, 0.2) is 12.2 Å². The number of amides is 1. The zero-order valence-electron chi connectivity index (χ0n) is 13.4. The summed E-state index contributed by atoms with van der Waals surface area (Å²) in [5.74, 6) is -0.412. The van der Waals surface area contributed by atoms with Gasteiger partial charge in [0.05, 0.1) is 0 Å². The van der Waals surface area contributed by atoms with E-state index in [0.29, 0.717) is 12.3 Å². The molecule has 21 heavy (non-hydrogen) atoms. The first-order valence-corrected chi connectivity index (χ1v) is 7.83. The van der Waals surface area contributed by atoms with Gasteiger partial charge in [0.15, 0.2) is 0 Å². The van der Waals surface area contributed by atoms with Crippen molar-refractivity contribution in [1.82, 2.24) is 10.6 Å². The molecule has 1 aliphatic heterocycles. The van der Waals surface area contributed by atoms with Gasteiger partial charge in [-0.1, -0.05) is 38.8 Å². The van der Waals surface area contributed by atoms with Gasteiger partial charge in [-0.25, -0.2) is 0 Å². The number of rotatable bonds is 7. The first kappa shape index (κ1) is 17.7. The number of allylic oxidation sites excluding steroid dienone is 1. The van der Waals surface area contributed by atoms with Gasteiger partial charge in [-0.05, 0) is 25.2 Å². The van der Waals surface area contributed by atoms with Gasteiger partial charge in [0.2, 0.25) is 5.91 Å². The number of hydrogen-bond acceptors (Lipinski definition) is 3. The lowest BCUT2D eigenvalue weighted by atomic mass is 9.83. The molecular formula is C16H28N2O3. The van der Waals surface area contributed by atoms with Gasteiger partial charge in [0.1, 0.15) is 6.04 Å². The highest BCUT2D eigenvalue weighted by molar-refractivity contribution is 5.75. The van der Waals surface area contributed by atoms with Crippen molar-refractivity contribution in [3.63, 3.8) is 0 Å². The topological polar surface area (TPSA) is 78.4 Å². The normalized spacial score (nSPS) is 27.2. The van der Waals surface area contributed by atoms with Crippen LogP contribution in [0.5, 0.6) is 0 Å². The number of carbonyl (C=O) groups excluding carboxylic acids is 1. The minimum absolute atomic E-state index is 0.0314. The van der Waals surface area contributed by atoms with E-state index in [9.17, 15) is 14.7 Å². The summed E-state index contributed by atoms with van der Waals surface area (Å²) in [7, 11) is 0. The second kappa shape index (κ2) is 8.17. The molecule has 120 valence electrons. The Morgan fingerprint density at radius 2 is 2.00 bits per heavy atom. The third kappa shape index (κ3) is 4.56. The van der Waals surface area contributed by atoms with Crippen molar-refractivity contribution in [1.29, 1.82) is 0 Å². The lowest BCUT2D eigenvalue weighted by Gasteiger charge is -2.34. The van der Waals surface area contributed by atoms with Crippen LogP contribution in [-0.4, -0.2) is 35.1 Å². The zero-order valence-corrected chi connectivity index (χ0v) is 13.4. The van der Waals surface area contributed by atoms with Gasteiger partial charge in [-0.2, -0.15) is 0 Å². The van der Waals surface area contributed by atoms with E-state index >= 15 is 0 Å². The average Bonchev–Trinajstić information content (AvgIpc) is 2.83. The molecule has 5 nitrogen and oxygen atoms in total. The highest BCUT2D eigenvalue weighted by Gasteiger charge is 2.42. The van der Waals surface area contributed by atoms with Crippen LogP contribution in [0.25, 0.3) is 0 Å². The fourth-order valence-electron chi connectivity index (χ4n) is 3.36. The summed E-state index contributed by atoms with van der Waals surface area (Å²) in [6.07, 6.45) is 6.50. The van der Waals surface area contributed by atoms with Gasteiger partial charge in [0.25, 0.3) is 0 Å². The average molecular weight is 296 g/mol. The van der Waals surface area contributed by atoms with Gasteiger partial charge in [-0.15, -0.1) is 0 Å². The monoisotopic (exact) mass is 296 g/mol. The molecule has 1 fully saturated rings. The van der Waals surface area contributed by atoms with Crippen LogP contribution >= 0.6 is 0 Å². The zero-order chi connectivity index (χ0) is 16.0. The van der Waals surface area contributed by atoms with Crippen molar-refractivity contribution < 1.29 is 14.7 Å². The summed E-state index contributed by atoms with van der Waals surface area (Å²) >= 11 is 0. The Bertz CT molecular complexity index is 391. The maximum Gasteiger partial charge on any atom is 0.320 e. The predicted octanol–water partition coefficient (Wildman–Crippen LogP) is 1.93. The lowest BCUT2D eigenvalue weighted by Crippen LogP contribution is -2.54. The Balaban J connectivity index is 3.01. The van der Waals surface area contributed by atoms with Crippen LogP contribution < -0.4 is 10.6 Å². The van der Waals surface area contributed by atoms with Crippen LogP contribution in [0.3, 0.4) is 0 Å². The minimum Gasteiger partial charge on any atom is -0.480 e. The molecule has 0 bridgehead atoms. The van der Waals surface area contributed by atoms with Gasteiger partial charge < -0.3 is 10.4 Å². The molecule has 0 aromatic carbocycles. The molecule has 1 amide bonds. The maximum atomic E-state index is 11.6. The van der Waals surface area contributed by atoms with E-state index in [2.05, 4.69) is 30.6 Å². The number of aliphatic carboxylic acids is 1. The first-order valence-electron chi connectivity index (χ1n) is 7.83. The fourth-order valence-corrected chi connectivity index (χ4v) is 3.36. The molecular weight excluding hydrogens is 268 g/mol.